The standard InChI is InChI=1S/C20H15N3O/c1-13-7-8-16(12-21-13)15-9-10-18-17(11-15)19(23-20(24)22-18)14-5-3-2-4-6-14/h2-12H,1H3,(H,22,23,24). The Bertz CT molecular complexity index is 1070. The summed E-state index contributed by atoms with van der Waals surface area (Å²) in [6.45, 7) is 1.96. The zero-order valence-electron chi connectivity index (χ0n) is 13.2. The molecule has 1 N–H and O–H groups in total. The number of aromatic nitrogens is 3. The van der Waals surface area contributed by atoms with Crippen molar-refractivity contribution in [1.82, 2.24) is 15.0 Å². The van der Waals surface area contributed by atoms with E-state index in [-0.39, 0.29) is 5.69 Å². The molecule has 0 aliphatic carbocycles. The van der Waals surface area contributed by atoms with Gasteiger partial charge in [-0.05, 0) is 30.7 Å². The van der Waals surface area contributed by atoms with Crippen LogP contribution < -0.4 is 5.69 Å². The Hall–Kier alpha value is -3.27. The van der Waals surface area contributed by atoms with Crippen LogP contribution >= 0.6 is 0 Å². The van der Waals surface area contributed by atoms with Gasteiger partial charge in [-0.2, -0.15) is 4.98 Å². The van der Waals surface area contributed by atoms with Gasteiger partial charge < -0.3 is 4.98 Å². The van der Waals surface area contributed by atoms with Gasteiger partial charge in [-0.1, -0.05) is 42.5 Å². The van der Waals surface area contributed by atoms with Crippen LogP contribution in [0.15, 0.2) is 71.7 Å². The molecule has 4 nitrogen and oxygen atoms in total. The molecule has 2 aromatic heterocycles. The first-order chi connectivity index (χ1) is 11.7. The molecule has 116 valence electrons. The first kappa shape index (κ1) is 14.3. The Morgan fingerprint density at radius 2 is 1.67 bits per heavy atom. The van der Waals surface area contributed by atoms with Gasteiger partial charge in [-0.3, -0.25) is 4.98 Å². The molecule has 0 bridgehead atoms. The van der Waals surface area contributed by atoms with Crippen LogP contribution in [-0.4, -0.2) is 15.0 Å². The lowest BCUT2D eigenvalue weighted by Gasteiger charge is -2.08. The summed E-state index contributed by atoms with van der Waals surface area (Å²) < 4.78 is 0. The Morgan fingerprint density at radius 3 is 2.42 bits per heavy atom. The van der Waals surface area contributed by atoms with E-state index >= 15 is 0 Å². The van der Waals surface area contributed by atoms with Crippen molar-refractivity contribution < 1.29 is 0 Å². The second-order valence-electron chi connectivity index (χ2n) is 5.71. The van der Waals surface area contributed by atoms with E-state index in [9.17, 15) is 4.79 Å². The number of H-pyrrole nitrogens is 1. The largest absolute Gasteiger partial charge is 0.345 e. The van der Waals surface area contributed by atoms with Crippen LogP contribution in [0.4, 0.5) is 0 Å². The Labute approximate surface area is 138 Å². The molecule has 0 atom stereocenters. The summed E-state index contributed by atoms with van der Waals surface area (Å²) in [6, 6.07) is 19.7. The third-order valence-electron chi connectivity index (χ3n) is 4.02. The van der Waals surface area contributed by atoms with Crippen molar-refractivity contribution >= 4 is 10.9 Å². The predicted octanol–water partition coefficient (Wildman–Crippen LogP) is 3.96. The highest BCUT2D eigenvalue weighted by Crippen LogP contribution is 2.28. The van der Waals surface area contributed by atoms with E-state index in [4.69, 9.17) is 0 Å². The van der Waals surface area contributed by atoms with Crippen LogP contribution in [0.5, 0.6) is 0 Å². The Morgan fingerprint density at radius 1 is 0.875 bits per heavy atom. The molecule has 0 spiro atoms. The lowest BCUT2D eigenvalue weighted by molar-refractivity contribution is 1.12. The van der Waals surface area contributed by atoms with Crippen molar-refractivity contribution in [1.29, 1.82) is 0 Å². The molecule has 0 radical (unpaired) electrons. The number of fused-ring (bicyclic) bond motifs is 1. The summed E-state index contributed by atoms with van der Waals surface area (Å²) in [6.07, 6.45) is 1.86. The predicted molar refractivity (Wildman–Crippen MR) is 95.8 cm³/mol. The second-order valence-corrected chi connectivity index (χ2v) is 5.71. The highest BCUT2D eigenvalue weighted by Gasteiger charge is 2.09. The normalized spacial score (nSPS) is 10.9. The zero-order chi connectivity index (χ0) is 16.5. The van der Waals surface area contributed by atoms with Crippen LogP contribution in [0, 0.1) is 6.92 Å². The first-order valence-electron chi connectivity index (χ1n) is 7.73. The quantitative estimate of drug-likeness (QED) is 0.609. The molecule has 0 fully saturated rings. The van der Waals surface area contributed by atoms with Gasteiger partial charge in [0.15, 0.2) is 0 Å². The molecule has 4 rings (SSSR count). The third kappa shape index (κ3) is 2.58. The lowest BCUT2D eigenvalue weighted by atomic mass is 10.0. The van der Waals surface area contributed by atoms with E-state index in [0.717, 1.165) is 33.3 Å². The monoisotopic (exact) mass is 313 g/mol. The minimum atomic E-state index is -0.342. The van der Waals surface area contributed by atoms with Crippen LogP contribution in [0.2, 0.25) is 0 Å². The Balaban J connectivity index is 1.97. The molecule has 2 heterocycles. The molecule has 0 aliphatic rings. The Kier molecular flexibility index (Phi) is 3.43. The summed E-state index contributed by atoms with van der Waals surface area (Å²) in [5.41, 5.74) is 5.11. The summed E-state index contributed by atoms with van der Waals surface area (Å²) in [5.74, 6) is 0. The van der Waals surface area contributed by atoms with Gasteiger partial charge in [-0.25, -0.2) is 4.79 Å². The molecule has 0 saturated heterocycles. The molecule has 4 aromatic rings. The number of nitrogens with one attached hydrogen (secondary N) is 1. The lowest BCUT2D eigenvalue weighted by Crippen LogP contribution is -2.11. The fourth-order valence-electron chi connectivity index (χ4n) is 2.79. The minimum absolute atomic E-state index is 0.342. The molecule has 2 aromatic carbocycles. The van der Waals surface area contributed by atoms with Gasteiger partial charge in [0, 0.05) is 28.4 Å². The maximum absolute atomic E-state index is 11.9. The van der Waals surface area contributed by atoms with Gasteiger partial charge >= 0.3 is 5.69 Å². The highest BCUT2D eigenvalue weighted by atomic mass is 16.1. The van der Waals surface area contributed by atoms with Crippen molar-refractivity contribution in [3.8, 4) is 22.4 Å². The van der Waals surface area contributed by atoms with Crippen molar-refractivity contribution in [2.45, 2.75) is 6.92 Å². The second kappa shape index (κ2) is 5.74. The van der Waals surface area contributed by atoms with Crippen LogP contribution in [0.3, 0.4) is 0 Å². The average Bonchev–Trinajstić information content (AvgIpc) is 2.62. The fourth-order valence-corrected chi connectivity index (χ4v) is 2.79. The topological polar surface area (TPSA) is 58.6 Å². The summed E-state index contributed by atoms with van der Waals surface area (Å²) in [5, 5.41) is 0.916. The fraction of sp³-hybridized carbons (Fsp3) is 0.0500. The summed E-state index contributed by atoms with van der Waals surface area (Å²) in [4.78, 5) is 23.2. The van der Waals surface area contributed by atoms with Gasteiger partial charge in [0.05, 0.1) is 11.2 Å². The van der Waals surface area contributed by atoms with Crippen LogP contribution in [-0.2, 0) is 0 Å². The van der Waals surface area contributed by atoms with Gasteiger partial charge in [0.25, 0.3) is 0 Å². The van der Waals surface area contributed by atoms with Crippen molar-refractivity contribution in [2.24, 2.45) is 0 Å². The van der Waals surface area contributed by atoms with Gasteiger partial charge in [0.2, 0.25) is 0 Å². The minimum Gasteiger partial charge on any atom is -0.305 e. The average molecular weight is 313 g/mol. The molecule has 4 heteroatoms. The third-order valence-corrected chi connectivity index (χ3v) is 4.02. The molecular formula is C20H15N3O. The van der Waals surface area contributed by atoms with E-state index in [1.165, 1.54) is 0 Å². The van der Waals surface area contributed by atoms with Crippen LogP contribution in [0.1, 0.15) is 5.69 Å². The molecule has 0 saturated carbocycles. The molecule has 0 unspecified atom stereocenters. The summed E-state index contributed by atoms with van der Waals surface area (Å²) >= 11 is 0. The number of aryl methyl sites for hydroxylation is 1. The van der Waals surface area contributed by atoms with Crippen molar-refractivity contribution in [3.05, 3.63) is 83.0 Å². The number of pyridine rings is 1. The molecular weight excluding hydrogens is 298 g/mol. The maximum atomic E-state index is 11.9. The zero-order valence-corrected chi connectivity index (χ0v) is 13.2. The number of nitrogens with zero attached hydrogens (tertiary/aromatic N) is 2. The van der Waals surface area contributed by atoms with E-state index < -0.39 is 0 Å². The number of hydrogen-bond donors (Lipinski definition) is 1. The number of aromatic amines is 1. The van der Waals surface area contributed by atoms with Crippen LogP contribution in [0.25, 0.3) is 33.3 Å². The number of rotatable bonds is 2. The first-order valence-corrected chi connectivity index (χ1v) is 7.73. The summed E-state index contributed by atoms with van der Waals surface area (Å²) in [7, 11) is 0. The molecule has 0 aliphatic heterocycles. The van der Waals surface area contributed by atoms with Gasteiger partial charge in [0.1, 0.15) is 0 Å². The van der Waals surface area contributed by atoms with Crippen molar-refractivity contribution in [2.75, 3.05) is 0 Å². The SMILES string of the molecule is Cc1ccc(-c2ccc3[nH]c(=O)nc(-c4ccccc4)c3c2)cn1. The smallest absolute Gasteiger partial charge is 0.305 e. The van der Waals surface area contributed by atoms with E-state index in [2.05, 4.69) is 15.0 Å². The van der Waals surface area contributed by atoms with E-state index in [1.807, 2.05) is 73.8 Å². The number of benzene rings is 2. The molecule has 24 heavy (non-hydrogen) atoms. The van der Waals surface area contributed by atoms with Gasteiger partial charge in [-0.15, -0.1) is 0 Å². The maximum Gasteiger partial charge on any atom is 0.345 e. The number of hydrogen-bond acceptors (Lipinski definition) is 3. The molecule has 0 amide bonds. The van der Waals surface area contributed by atoms with E-state index in [0.29, 0.717) is 5.69 Å². The van der Waals surface area contributed by atoms with Crippen molar-refractivity contribution in [3.63, 3.8) is 0 Å². The van der Waals surface area contributed by atoms with E-state index in [1.54, 1.807) is 0 Å². The highest BCUT2D eigenvalue weighted by molar-refractivity contribution is 5.94.